The van der Waals surface area contributed by atoms with Crippen molar-refractivity contribution < 1.29 is 4.21 Å². The summed E-state index contributed by atoms with van der Waals surface area (Å²) in [5.41, 5.74) is 20.2. The fourth-order valence-corrected chi connectivity index (χ4v) is 11.3. The molecule has 278 valence electrons. The third-order valence-electron chi connectivity index (χ3n) is 12.4. The molecular weight excluding hydrogens is 717 g/mol. The quantitative estimate of drug-likeness (QED) is 0.165. The highest BCUT2D eigenvalue weighted by Gasteiger charge is 2.39. The molecule has 0 bridgehead atoms. The molecule has 0 amide bonds. The Morgan fingerprint density at radius 2 is 1.44 bits per heavy atom. The summed E-state index contributed by atoms with van der Waals surface area (Å²) in [4.78, 5) is 8.35. The average molecular weight is 759 g/mol. The molecule has 6 heteroatoms. The number of allylic oxidation sites excluding steroid dienone is 5. The summed E-state index contributed by atoms with van der Waals surface area (Å²) in [6, 6.07) is 51.9. The summed E-state index contributed by atoms with van der Waals surface area (Å²) in [6.45, 7) is 0. The maximum atomic E-state index is 13.3. The van der Waals surface area contributed by atoms with Crippen LogP contribution in [-0.2, 0) is 10.8 Å². The van der Waals surface area contributed by atoms with Gasteiger partial charge in [0.25, 0.3) is 0 Å². The zero-order chi connectivity index (χ0) is 38.0. The Kier molecular flexibility index (Phi) is 8.30. The second-order valence-corrected chi connectivity index (χ2v) is 17.3. The van der Waals surface area contributed by atoms with Crippen molar-refractivity contribution in [3.63, 3.8) is 0 Å². The molecule has 3 unspecified atom stereocenters. The van der Waals surface area contributed by atoms with E-state index < -0.39 is 10.8 Å². The van der Waals surface area contributed by atoms with Crippen LogP contribution in [0, 0.1) is 0 Å². The van der Waals surface area contributed by atoms with Crippen molar-refractivity contribution in [2.24, 2.45) is 10.7 Å². The minimum Gasteiger partial charge on any atom is -0.311 e. The molecule has 0 saturated carbocycles. The number of aromatic nitrogens is 1. The molecule has 3 heterocycles. The average Bonchev–Trinajstić information content (AvgIpc) is 3.75. The van der Waals surface area contributed by atoms with Crippen molar-refractivity contribution in [2.75, 3.05) is 0 Å². The van der Waals surface area contributed by atoms with Crippen molar-refractivity contribution in [1.29, 1.82) is 0 Å². The number of para-hydroxylation sites is 1. The minimum atomic E-state index is -0.943. The second-order valence-electron chi connectivity index (χ2n) is 15.6. The number of aliphatic imine (C=N–C) groups is 1. The molecule has 6 aromatic carbocycles. The molecule has 57 heavy (non-hydrogen) atoms. The van der Waals surface area contributed by atoms with Gasteiger partial charge in [-0.3, -0.25) is 4.21 Å². The van der Waals surface area contributed by atoms with E-state index >= 15 is 0 Å². The Morgan fingerprint density at radius 1 is 0.684 bits per heavy atom. The number of hydrogen-bond donors (Lipinski definition) is 1. The Labute approximate surface area is 335 Å². The van der Waals surface area contributed by atoms with E-state index in [4.69, 9.17) is 10.7 Å². The van der Waals surface area contributed by atoms with Gasteiger partial charge in [-0.1, -0.05) is 133 Å². The highest BCUT2D eigenvalue weighted by molar-refractivity contribution is 7.86. The van der Waals surface area contributed by atoms with E-state index in [1.165, 1.54) is 44.1 Å². The van der Waals surface area contributed by atoms with Gasteiger partial charge in [0.05, 0.1) is 27.1 Å². The third-order valence-corrected chi connectivity index (χ3v) is 14.3. The van der Waals surface area contributed by atoms with Gasteiger partial charge < -0.3 is 15.2 Å². The van der Waals surface area contributed by atoms with Gasteiger partial charge in [-0.15, -0.1) is 0 Å². The Hall–Kier alpha value is -6.08. The molecule has 7 aromatic rings. The van der Waals surface area contributed by atoms with Gasteiger partial charge in [0.1, 0.15) is 12.0 Å². The predicted molar refractivity (Wildman–Crippen MR) is 235 cm³/mol. The van der Waals surface area contributed by atoms with E-state index in [2.05, 4.69) is 167 Å². The molecule has 2 aliphatic heterocycles. The van der Waals surface area contributed by atoms with Crippen LogP contribution in [0.4, 0.5) is 0 Å². The van der Waals surface area contributed by atoms with Crippen LogP contribution >= 0.6 is 0 Å². The smallest absolute Gasteiger partial charge is 0.152 e. The minimum absolute atomic E-state index is 0.111. The third kappa shape index (κ3) is 5.69. The molecule has 0 radical (unpaired) electrons. The van der Waals surface area contributed by atoms with Crippen molar-refractivity contribution in [3.05, 3.63) is 198 Å². The molecule has 2 N–H and O–H groups in total. The van der Waals surface area contributed by atoms with E-state index in [9.17, 15) is 4.21 Å². The summed E-state index contributed by atoms with van der Waals surface area (Å²) in [6.07, 6.45) is 12.4. The van der Waals surface area contributed by atoms with Gasteiger partial charge in [-0.2, -0.15) is 0 Å². The van der Waals surface area contributed by atoms with Crippen LogP contribution < -0.4 is 5.73 Å². The number of nitrogens with two attached hydrogens (primary N) is 1. The monoisotopic (exact) mass is 758 g/mol. The van der Waals surface area contributed by atoms with Crippen LogP contribution in [0.1, 0.15) is 60.0 Å². The standard InChI is InChI=1S/C51H42N4OS/c52-49(55-50(35-12-3-1-4-13-35)53-51(55)36-14-5-2-6-15-36)34-24-22-33(23-25-34)39-26-28-42-41-18-7-9-20-45(41)54(46(42)32-39)40-17-11-16-37(30-40)38-27-29-48-44(31-38)43-19-8-10-21-47(43)57(48)56/h1-9,11-20,22,24,26-32,43,47,49-50H,10,21,23,25,52H2/t43?,47?,49?,50-,57+/m0/s1. The van der Waals surface area contributed by atoms with E-state index in [0.717, 1.165) is 64.4 Å². The molecule has 1 aromatic heterocycles. The number of fused-ring (bicyclic) bond motifs is 6. The maximum absolute atomic E-state index is 13.3. The lowest BCUT2D eigenvalue weighted by Gasteiger charge is -2.45. The van der Waals surface area contributed by atoms with Gasteiger partial charge in [0, 0.05) is 32.8 Å². The maximum Gasteiger partial charge on any atom is 0.152 e. The van der Waals surface area contributed by atoms with Gasteiger partial charge in [0.2, 0.25) is 0 Å². The van der Waals surface area contributed by atoms with Crippen molar-refractivity contribution >= 4 is 44.0 Å². The van der Waals surface area contributed by atoms with Crippen molar-refractivity contribution in [1.82, 2.24) is 9.47 Å². The lowest BCUT2D eigenvalue weighted by molar-refractivity contribution is 0.226. The van der Waals surface area contributed by atoms with E-state index in [1.807, 2.05) is 12.1 Å². The van der Waals surface area contributed by atoms with Crippen LogP contribution in [0.25, 0.3) is 44.2 Å². The summed E-state index contributed by atoms with van der Waals surface area (Å²) >= 11 is 0. The molecule has 5 atom stereocenters. The fourth-order valence-electron chi connectivity index (χ4n) is 9.54. The molecule has 0 fully saturated rings. The zero-order valence-corrected chi connectivity index (χ0v) is 32.4. The number of amidine groups is 1. The van der Waals surface area contributed by atoms with Crippen molar-refractivity contribution in [3.8, 4) is 16.8 Å². The van der Waals surface area contributed by atoms with Crippen LogP contribution in [0.5, 0.6) is 0 Å². The number of hydrogen-bond acceptors (Lipinski definition) is 4. The highest BCUT2D eigenvalue weighted by atomic mass is 32.2. The topological polar surface area (TPSA) is 63.6 Å². The lowest BCUT2D eigenvalue weighted by atomic mass is 9.88. The number of nitrogens with zero attached hydrogens (tertiary/aromatic N) is 3. The van der Waals surface area contributed by atoms with Crippen LogP contribution in [0.2, 0.25) is 0 Å². The predicted octanol–water partition coefficient (Wildman–Crippen LogP) is 11.2. The second kappa shape index (κ2) is 13.8. The van der Waals surface area contributed by atoms with Gasteiger partial charge in [-0.05, 0) is 101 Å². The summed E-state index contributed by atoms with van der Waals surface area (Å²) in [7, 11) is -0.943. The molecular formula is C51H42N4OS. The van der Waals surface area contributed by atoms with E-state index in [-0.39, 0.29) is 23.5 Å². The van der Waals surface area contributed by atoms with Gasteiger partial charge >= 0.3 is 0 Å². The Morgan fingerprint density at radius 3 is 2.28 bits per heavy atom. The molecule has 2 aliphatic carbocycles. The van der Waals surface area contributed by atoms with Crippen LogP contribution in [0.3, 0.4) is 0 Å². The first-order valence-corrected chi connectivity index (χ1v) is 21.3. The highest BCUT2D eigenvalue weighted by Crippen LogP contribution is 2.45. The summed E-state index contributed by atoms with van der Waals surface area (Å²) in [5.74, 6) is 1.18. The fraction of sp³-hybridized carbons (Fsp3) is 0.157. The van der Waals surface area contributed by atoms with Gasteiger partial charge in [0.15, 0.2) is 6.17 Å². The Bertz CT molecular complexity index is 2870. The first-order chi connectivity index (χ1) is 28.1. The molecule has 11 rings (SSSR count). The van der Waals surface area contributed by atoms with E-state index in [0.29, 0.717) is 0 Å². The zero-order valence-electron chi connectivity index (χ0n) is 31.5. The first kappa shape index (κ1) is 34.2. The largest absolute Gasteiger partial charge is 0.311 e. The van der Waals surface area contributed by atoms with Crippen LogP contribution in [0.15, 0.2) is 185 Å². The number of rotatable bonds is 7. The lowest BCUT2D eigenvalue weighted by Crippen LogP contribution is -2.54. The molecule has 4 aliphatic rings. The number of benzene rings is 6. The van der Waals surface area contributed by atoms with Crippen molar-refractivity contribution in [2.45, 2.75) is 54.1 Å². The first-order valence-electron chi connectivity index (χ1n) is 20.1. The summed E-state index contributed by atoms with van der Waals surface area (Å²) in [5, 5.41) is 2.68. The van der Waals surface area contributed by atoms with E-state index in [1.54, 1.807) is 0 Å². The normalized spacial score (nSPS) is 21.7. The summed E-state index contributed by atoms with van der Waals surface area (Å²) < 4.78 is 15.8. The molecule has 0 spiro atoms. The molecule has 0 saturated heterocycles. The van der Waals surface area contributed by atoms with Gasteiger partial charge in [-0.25, -0.2) is 4.99 Å². The Balaban J connectivity index is 0.939. The van der Waals surface area contributed by atoms with Crippen LogP contribution in [-0.4, -0.2) is 30.9 Å². The molecule has 5 nitrogen and oxygen atoms in total. The SMILES string of the molecule is NC(C1=CC=C(c2ccc3c4ccccc4n(-c4cccc(-c5ccc6c(c5)C5C=CCCC5[S@]6=O)c4)c3c2)CC1)N1C(c2ccccc2)=N[C@@H]1c1ccccc1.